The Labute approximate surface area is 133 Å². The minimum atomic E-state index is -0.321. The highest BCUT2D eigenvalue weighted by Gasteiger charge is 2.20. The fraction of sp³-hybridized carbons (Fsp3) is 0.500. The molecule has 0 nitrogen and oxygen atoms in total. The Morgan fingerprint density at radius 2 is 1.67 bits per heavy atom. The minimum absolute atomic E-state index is 0.321. The molecule has 1 unspecified atom stereocenters. The van der Waals surface area contributed by atoms with Crippen molar-refractivity contribution in [2.75, 3.05) is 0 Å². The molecule has 1 aliphatic rings. The quantitative estimate of drug-likeness (QED) is 0.538. The largest absolute Gasteiger partial charge is 0.0842 e. The molecule has 21 heavy (non-hydrogen) atoms. The van der Waals surface area contributed by atoms with Crippen molar-refractivity contribution in [2.24, 2.45) is 5.92 Å². The number of aryl methyl sites for hydroxylation is 3. The summed E-state index contributed by atoms with van der Waals surface area (Å²) in [6, 6.07) is 4.72. The second-order valence-electron chi connectivity index (χ2n) is 6.72. The van der Waals surface area contributed by atoms with Crippen molar-refractivity contribution in [3.8, 4) is 0 Å². The SMILES string of the molecule is CCCCCC1C=CC(C)=C1[SiH2]c1c(C)cc(C)cc1C. The number of benzene rings is 1. The van der Waals surface area contributed by atoms with Gasteiger partial charge in [-0.1, -0.05) is 83.1 Å². The van der Waals surface area contributed by atoms with Crippen LogP contribution in [0.1, 0.15) is 56.2 Å². The van der Waals surface area contributed by atoms with Crippen molar-refractivity contribution in [1.82, 2.24) is 0 Å². The molecule has 1 atom stereocenters. The smallest absolute Gasteiger partial charge is 0.0775 e. The van der Waals surface area contributed by atoms with Gasteiger partial charge in [0, 0.05) is 0 Å². The third kappa shape index (κ3) is 3.97. The van der Waals surface area contributed by atoms with Crippen LogP contribution in [0.4, 0.5) is 0 Å². The Balaban J connectivity index is 2.16. The predicted molar refractivity (Wildman–Crippen MR) is 98.3 cm³/mol. The van der Waals surface area contributed by atoms with E-state index in [0.29, 0.717) is 0 Å². The summed E-state index contributed by atoms with van der Waals surface area (Å²) in [6.07, 6.45) is 10.3. The molecule has 2 rings (SSSR count). The molecule has 0 N–H and O–H groups in total. The van der Waals surface area contributed by atoms with Crippen LogP contribution in [0.2, 0.25) is 0 Å². The van der Waals surface area contributed by atoms with Crippen LogP contribution in [0.5, 0.6) is 0 Å². The molecule has 0 aromatic heterocycles. The van der Waals surface area contributed by atoms with E-state index >= 15 is 0 Å². The van der Waals surface area contributed by atoms with Crippen LogP contribution in [-0.4, -0.2) is 9.52 Å². The van der Waals surface area contributed by atoms with Gasteiger partial charge in [-0.2, -0.15) is 0 Å². The zero-order valence-corrected chi connectivity index (χ0v) is 15.8. The molecule has 0 spiro atoms. The highest BCUT2D eigenvalue weighted by atomic mass is 28.2. The van der Waals surface area contributed by atoms with Crippen molar-refractivity contribution in [1.29, 1.82) is 0 Å². The van der Waals surface area contributed by atoms with E-state index in [9.17, 15) is 0 Å². The lowest BCUT2D eigenvalue weighted by atomic mass is 10.0. The molecule has 0 saturated carbocycles. The van der Waals surface area contributed by atoms with Gasteiger partial charge in [0.25, 0.3) is 0 Å². The van der Waals surface area contributed by atoms with E-state index in [2.05, 4.69) is 58.9 Å². The van der Waals surface area contributed by atoms with Crippen LogP contribution in [0.25, 0.3) is 0 Å². The summed E-state index contributed by atoms with van der Waals surface area (Å²) in [5.74, 6) is 0.739. The van der Waals surface area contributed by atoms with E-state index in [0.717, 1.165) is 5.92 Å². The van der Waals surface area contributed by atoms with E-state index in [-0.39, 0.29) is 9.52 Å². The minimum Gasteiger partial charge on any atom is -0.0775 e. The number of unbranched alkanes of at least 4 members (excludes halogenated alkanes) is 2. The Morgan fingerprint density at radius 1 is 1.00 bits per heavy atom. The topological polar surface area (TPSA) is 0 Å². The maximum Gasteiger partial charge on any atom is 0.0842 e. The van der Waals surface area contributed by atoms with Gasteiger partial charge >= 0.3 is 0 Å². The summed E-state index contributed by atoms with van der Waals surface area (Å²) in [6.45, 7) is 11.4. The first-order valence-corrected chi connectivity index (χ1v) is 9.89. The van der Waals surface area contributed by atoms with Gasteiger partial charge < -0.3 is 0 Å². The fourth-order valence-electron chi connectivity index (χ4n) is 3.61. The van der Waals surface area contributed by atoms with E-state index in [1.165, 1.54) is 42.4 Å². The van der Waals surface area contributed by atoms with Crippen LogP contribution in [0.3, 0.4) is 0 Å². The second kappa shape index (κ2) is 7.26. The van der Waals surface area contributed by atoms with Crippen molar-refractivity contribution in [3.63, 3.8) is 0 Å². The molecule has 0 radical (unpaired) electrons. The maximum absolute atomic E-state index is 2.46. The van der Waals surface area contributed by atoms with Crippen LogP contribution in [-0.2, 0) is 0 Å². The van der Waals surface area contributed by atoms with Crippen LogP contribution in [0.15, 0.2) is 35.1 Å². The summed E-state index contributed by atoms with van der Waals surface area (Å²) in [7, 11) is -0.321. The van der Waals surface area contributed by atoms with Crippen molar-refractivity contribution in [3.05, 3.63) is 51.7 Å². The summed E-state index contributed by atoms with van der Waals surface area (Å²) >= 11 is 0. The van der Waals surface area contributed by atoms with Crippen LogP contribution >= 0.6 is 0 Å². The van der Waals surface area contributed by atoms with Crippen molar-refractivity contribution in [2.45, 2.75) is 60.3 Å². The average molecular weight is 299 g/mol. The van der Waals surface area contributed by atoms with Gasteiger partial charge in [-0.15, -0.1) is 0 Å². The van der Waals surface area contributed by atoms with Crippen molar-refractivity contribution < 1.29 is 0 Å². The van der Waals surface area contributed by atoms with Gasteiger partial charge in [0.1, 0.15) is 0 Å². The molecule has 1 aromatic rings. The molecule has 0 amide bonds. The maximum atomic E-state index is 2.46. The number of allylic oxidation sites excluding steroid dienone is 4. The summed E-state index contributed by atoms with van der Waals surface area (Å²) in [4.78, 5) is 0. The Hall–Kier alpha value is -1.08. The Kier molecular flexibility index (Phi) is 5.63. The Bertz CT molecular complexity index is 540. The van der Waals surface area contributed by atoms with Crippen molar-refractivity contribution >= 4 is 14.7 Å². The summed E-state index contributed by atoms with van der Waals surface area (Å²) in [5, 5.41) is 3.47. The first kappa shape index (κ1) is 16.3. The molecular formula is C20H30Si. The first-order chi connectivity index (χ1) is 10.0. The number of hydrogen-bond acceptors (Lipinski definition) is 0. The lowest BCUT2D eigenvalue weighted by molar-refractivity contribution is 0.608. The van der Waals surface area contributed by atoms with E-state index < -0.39 is 0 Å². The first-order valence-electron chi connectivity index (χ1n) is 8.47. The highest BCUT2D eigenvalue weighted by Crippen LogP contribution is 2.29. The molecule has 1 aromatic carbocycles. The molecule has 1 aliphatic carbocycles. The normalized spacial score (nSPS) is 18.4. The van der Waals surface area contributed by atoms with Gasteiger partial charge in [0.15, 0.2) is 0 Å². The molecule has 0 bridgehead atoms. The molecule has 1 heteroatoms. The molecule has 0 saturated heterocycles. The lowest BCUT2D eigenvalue weighted by Crippen LogP contribution is -2.25. The summed E-state index contributed by atoms with van der Waals surface area (Å²) in [5.41, 5.74) is 5.98. The monoisotopic (exact) mass is 298 g/mol. The van der Waals surface area contributed by atoms with Crippen LogP contribution in [0, 0.1) is 26.7 Å². The van der Waals surface area contributed by atoms with Gasteiger partial charge in [0.05, 0.1) is 9.52 Å². The van der Waals surface area contributed by atoms with E-state index in [4.69, 9.17) is 0 Å². The third-order valence-electron chi connectivity index (χ3n) is 4.86. The summed E-state index contributed by atoms with van der Waals surface area (Å²) < 4.78 is 0. The van der Waals surface area contributed by atoms with Crippen LogP contribution < -0.4 is 5.19 Å². The molecule has 114 valence electrons. The second-order valence-corrected chi connectivity index (χ2v) is 8.55. The zero-order valence-electron chi connectivity index (χ0n) is 14.4. The standard InChI is InChI=1S/C20H30Si/c1-6-7-8-9-18-11-10-15(3)20(18)21-19-16(4)12-14(2)13-17(19)5/h10-13,18H,6-9,21H2,1-5H3. The Morgan fingerprint density at radius 3 is 2.29 bits per heavy atom. The zero-order chi connectivity index (χ0) is 15.4. The van der Waals surface area contributed by atoms with E-state index in [1.54, 1.807) is 16.0 Å². The molecular weight excluding hydrogens is 268 g/mol. The van der Waals surface area contributed by atoms with Gasteiger partial charge in [-0.05, 0) is 40.0 Å². The average Bonchev–Trinajstić information content (AvgIpc) is 2.75. The van der Waals surface area contributed by atoms with Gasteiger partial charge in [-0.3, -0.25) is 0 Å². The molecule has 0 aliphatic heterocycles. The van der Waals surface area contributed by atoms with Gasteiger partial charge in [0.2, 0.25) is 0 Å². The fourth-order valence-corrected chi connectivity index (χ4v) is 5.75. The van der Waals surface area contributed by atoms with E-state index in [1.807, 2.05) is 0 Å². The number of rotatable bonds is 6. The third-order valence-corrected chi connectivity index (χ3v) is 7.79. The lowest BCUT2D eigenvalue weighted by Gasteiger charge is -2.18. The molecule has 0 fully saturated rings. The highest BCUT2D eigenvalue weighted by molar-refractivity contribution is 6.62. The number of hydrogen-bond donors (Lipinski definition) is 0. The predicted octanol–water partition coefficient (Wildman–Crippen LogP) is 4.45. The van der Waals surface area contributed by atoms with Gasteiger partial charge in [-0.25, -0.2) is 0 Å². The molecule has 0 heterocycles.